The molecule has 1 aliphatic rings. The van der Waals surface area contributed by atoms with Crippen molar-refractivity contribution in [2.45, 2.75) is 92.3 Å². The Bertz CT molecular complexity index is 3060. The molecule has 10 rings (SSSR count). The number of hydrogen-bond donors (Lipinski definition) is 0. The Labute approximate surface area is 424 Å². The van der Waals surface area contributed by atoms with Gasteiger partial charge >= 0.3 is 0 Å². The van der Waals surface area contributed by atoms with Crippen molar-refractivity contribution in [3.63, 3.8) is 0 Å². The molecule has 0 aliphatic heterocycles. The van der Waals surface area contributed by atoms with Gasteiger partial charge in [0.2, 0.25) is 0 Å². The maximum atomic E-state index is 14.3. The maximum absolute atomic E-state index is 14.3. The minimum atomic E-state index is -1.33. The van der Waals surface area contributed by atoms with Gasteiger partial charge in [-0.3, -0.25) is 15.0 Å². The van der Waals surface area contributed by atoms with Gasteiger partial charge in [0.05, 0.1) is 25.2 Å². The van der Waals surface area contributed by atoms with Crippen LogP contribution in [0.25, 0.3) is 66.8 Å². The van der Waals surface area contributed by atoms with E-state index in [4.69, 9.17) is 9.40 Å². The van der Waals surface area contributed by atoms with E-state index in [2.05, 4.69) is 154 Å². The second-order valence-electron chi connectivity index (χ2n) is 20.3. The number of pyridine rings is 3. The third kappa shape index (κ3) is 13.3. The van der Waals surface area contributed by atoms with Crippen molar-refractivity contribution < 1.29 is 28.9 Å². The molecule has 5 aromatic carbocycles. The van der Waals surface area contributed by atoms with E-state index in [-0.39, 0.29) is 25.9 Å². The number of halogens is 1. The molecule has 0 bridgehead atoms. The van der Waals surface area contributed by atoms with Gasteiger partial charge in [-0.05, 0) is 119 Å². The van der Waals surface area contributed by atoms with E-state index < -0.39 is 8.07 Å². The van der Waals surface area contributed by atoms with Crippen LogP contribution in [0.5, 0.6) is 0 Å². The van der Waals surface area contributed by atoms with Crippen molar-refractivity contribution in [1.29, 1.82) is 0 Å². The van der Waals surface area contributed by atoms with Gasteiger partial charge in [-0.25, -0.2) is 4.39 Å². The molecule has 7 heteroatoms. The van der Waals surface area contributed by atoms with Crippen molar-refractivity contribution in [3.05, 3.63) is 193 Å². The van der Waals surface area contributed by atoms with Crippen molar-refractivity contribution >= 4 is 35.2 Å². The van der Waals surface area contributed by atoms with Crippen LogP contribution in [0.2, 0.25) is 19.6 Å². The Morgan fingerprint density at radius 1 is 0.565 bits per heavy atom. The number of hydrogen-bond acceptors (Lipinski definition) is 4. The molecule has 0 N–H and O–H groups in total. The summed E-state index contributed by atoms with van der Waals surface area (Å²) >= 11 is 0. The largest absolute Gasteiger partial charge is 0.455 e. The first-order valence-electron chi connectivity index (χ1n) is 24.6. The average Bonchev–Trinajstić information content (AvgIpc) is 4.00. The number of para-hydroxylation sites is 1. The van der Waals surface area contributed by atoms with E-state index in [9.17, 15) is 4.39 Å². The quantitative estimate of drug-likeness (QED) is 0.121. The molecule has 9 aromatic rings. The third-order valence-electron chi connectivity index (χ3n) is 12.8. The summed E-state index contributed by atoms with van der Waals surface area (Å²) in [5.41, 5.74) is 13.7. The molecule has 1 aliphatic carbocycles. The fourth-order valence-electron chi connectivity index (χ4n) is 9.55. The third-order valence-corrected chi connectivity index (χ3v) is 14.9. The minimum Gasteiger partial charge on any atom is -0.455 e. The van der Waals surface area contributed by atoms with Crippen LogP contribution in [0.4, 0.5) is 4.39 Å². The van der Waals surface area contributed by atoms with E-state index in [1.807, 2.05) is 54.9 Å². The van der Waals surface area contributed by atoms with Gasteiger partial charge in [0, 0.05) is 71.7 Å². The van der Waals surface area contributed by atoms with Crippen LogP contribution < -0.4 is 5.19 Å². The van der Waals surface area contributed by atoms with Crippen LogP contribution in [-0.2, 0) is 39.4 Å². The van der Waals surface area contributed by atoms with E-state index >= 15 is 0 Å². The molecule has 4 nitrogen and oxygen atoms in total. The molecule has 1 radical (unpaired) electrons. The number of rotatable bonds is 11. The van der Waals surface area contributed by atoms with Crippen molar-refractivity contribution in [3.8, 4) is 44.9 Å². The zero-order chi connectivity index (χ0) is 47.6. The average molecular weight is 1110 g/mol. The summed E-state index contributed by atoms with van der Waals surface area (Å²) < 4.78 is 20.7. The second kappa shape index (κ2) is 23.6. The van der Waals surface area contributed by atoms with Crippen LogP contribution in [0.15, 0.2) is 175 Å². The number of benzene rings is 5. The summed E-state index contributed by atoms with van der Waals surface area (Å²) in [6.07, 6.45) is 14.7. The molecule has 0 saturated heterocycles. The van der Waals surface area contributed by atoms with E-state index in [0.29, 0.717) is 17.4 Å². The predicted molar refractivity (Wildman–Crippen MR) is 287 cm³/mol. The monoisotopic (exact) mass is 1110 g/mol. The summed E-state index contributed by atoms with van der Waals surface area (Å²) in [5.74, 6) is 1.93. The zero-order valence-corrected chi connectivity index (χ0v) is 44.7. The molecule has 0 spiro atoms. The standard InChI is InChI=1S/C29H24FNO.C18H25NSi.C15H17N.Ir/c30-26-11-4-3-8-22(26)21-12-13-23-24-9-5-10-25(29(24)32-28(23)18-21)27-17-20(14-15-31-27)16-19-6-1-2-7-19;1-14(2)11-16-12-17(15-9-7-6-8-10-15)19-13-18(16)20(3,4)5;1-12(2)10-13-8-9-16-15(11-13)14-6-4-3-5-7-14;/h3-5,8-15,17-19H,1-2,6-7,16H2;6-10,12-14H,11H2,1-5H3;3-9,11-12H,10H2,1-2H3;. The van der Waals surface area contributed by atoms with E-state index in [1.165, 1.54) is 64.8 Å². The van der Waals surface area contributed by atoms with E-state index in [1.54, 1.807) is 12.1 Å². The molecule has 0 atom stereocenters. The van der Waals surface area contributed by atoms with Gasteiger partial charge in [0.15, 0.2) is 0 Å². The van der Waals surface area contributed by atoms with Crippen LogP contribution in [0.3, 0.4) is 0 Å². The topological polar surface area (TPSA) is 51.8 Å². The van der Waals surface area contributed by atoms with Crippen LogP contribution >= 0.6 is 0 Å². The summed E-state index contributed by atoms with van der Waals surface area (Å²) in [6.45, 7) is 16.3. The van der Waals surface area contributed by atoms with Crippen molar-refractivity contribution in [2.24, 2.45) is 17.8 Å². The molecule has 1 saturated carbocycles. The maximum Gasteiger partial charge on any atom is 0.144 e. The molecular formula is C62H66FIrN3OSi. The zero-order valence-electron chi connectivity index (χ0n) is 41.3. The molecule has 355 valence electrons. The fraction of sp³-hybridized carbons (Fsp3) is 0.274. The number of furan rings is 1. The summed E-state index contributed by atoms with van der Waals surface area (Å²) in [6, 6.07) is 50.7. The molecule has 0 amide bonds. The summed E-state index contributed by atoms with van der Waals surface area (Å²) in [7, 11) is -1.33. The van der Waals surface area contributed by atoms with Crippen molar-refractivity contribution in [2.75, 3.05) is 0 Å². The number of aromatic nitrogens is 3. The Morgan fingerprint density at radius 2 is 1.16 bits per heavy atom. The first-order chi connectivity index (χ1) is 32.9. The molecule has 4 heterocycles. The normalized spacial score (nSPS) is 12.7. The van der Waals surface area contributed by atoms with Gasteiger partial charge in [-0.15, -0.1) is 0 Å². The SMILES string of the molecule is CC(C)Cc1cc(-c2ccccc2)ncc1[Si](C)(C)C.CC(C)Cc1ccnc(-c2ccccc2)c1.Fc1ccccc1-c1ccc2c(c1)oc1c(-c3cc(CC4CCCC4)ccn3)cccc12.[Ir]. The summed E-state index contributed by atoms with van der Waals surface area (Å²) in [4.78, 5) is 13.8. The number of nitrogens with zero attached hydrogens (tertiary/aromatic N) is 3. The van der Waals surface area contributed by atoms with Gasteiger partial charge < -0.3 is 4.42 Å². The Hall–Kier alpha value is -5.85. The van der Waals surface area contributed by atoms with Crippen LogP contribution in [-0.4, -0.2) is 23.0 Å². The Morgan fingerprint density at radius 3 is 1.81 bits per heavy atom. The number of fused-ring (bicyclic) bond motifs is 3. The van der Waals surface area contributed by atoms with Crippen LogP contribution in [0.1, 0.15) is 70.1 Å². The van der Waals surface area contributed by atoms with Crippen LogP contribution in [0, 0.1) is 23.6 Å². The molecule has 1 fully saturated rings. The van der Waals surface area contributed by atoms with Gasteiger partial charge in [-0.1, -0.05) is 170 Å². The first-order valence-corrected chi connectivity index (χ1v) is 28.1. The van der Waals surface area contributed by atoms with Gasteiger partial charge in [0.25, 0.3) is 0 Å². The molecule has 0 unspecified atom stereocenters. The Balaban J connectivity index is 0.000000164. The second-order valence-corrected chi connectivity index (χ2v) is 25.4. The Kier molecular flexibility index (Phi) is 17.5. The summed E-state index contributed by atoms with van der Waals surface area (Å²) in [5, 5.41) is 3.59. The minimum absolute atomic E-state index is 0. The van der Waals surface area contributed by atoms with Gasteiger partial charge in [0.1, 0.15) is 17.0 Å². The molecular weight excluding hydrogens is 1040 g/mol. The smallest absolute Gasteiger partial charge is 0.144 e. The first kappa shape index (κ1) is 51.0. The fourth-order valence-corrected chi connectivity index (χ4v) is 11.1. The predicted octanol–water partition coefficient (Wildman–Crippen LogP) is 16.6. The van der Waals surface area contributed by atoms with Gasteiger partial charge in [-0.2, -0.15) is 0 Å². The molecule has 4 aromatic heterocycles. The van der Waals surface area contributed by atoms with Crippen molar-refractivity contribution in [1.82, 2.24) is 15.0 Å². The van der Waals surface area contributed by atoms with E-state index in [0.717, 1.165) is 75.3 Å². The molecule has 69 heavy (non-hydrogen) atoms.